The van der Waals surface area contributed by atoms with Crippen LogP contribution in [0, 0.1) is 24.5 Å². The highest BCUT2D eigenvalue weighted by Gasteiger charge is 2.31. The minimum absolute atomic E-state index is 0.181. The first-order valence-electron chi connectivity index (χ1n) is 12.6. The zero-order valence-corrected chi connectivity index (χ0v) is 21.8. The first kappa shape index (κ1) is 27.3. The minimum Gasteiger partial charge on any atom is -0.481 e. The van der Waals surface area contributed by atoms with Crippen molar-refractivity contribution < 1.29 is 33.0 Å². The number of hydrogen-bond acceptors (Lipinski definition) is 5. The third kappa shape index (κ3) is 6.32. The van der Waals surface area contributed by atoms with E-state index >= 15 is 0 Å². The number of aromatic amines is 1. The van der Waals surface area contributed by atoms with Crippen LogP contribution in [0.3, 0.4) is 0 Å². The number of carbonyl (C=O) groups is 3. The summed E-state index contributed by atoms with van der Waals surface area (Å²) in [5, 5.41) is 14.0. The van der Waals surface area contributed by atoms with E-state index in [0.717, 1.165) is 6.07 Å². The van der Waals surface area contributed by atoms with E-state index in [0.29, 0.717) is 52.7 Å². The number of urea groups is 1. The molecule has 0 aliphatic carbocycles. The average Bonchev–Trinajstić information content (AvgIpc) is 3.63. The number of nitrogens with zero attached hydrogens (tertiary/aromatic N) is 2. The van der Waals surface area contributed by atoms with Crippen LogP contribution in [0.4, 0.5) is 25.0 Å². The summed E-state index contributed by atoms with van der Waals surface area (Å²) in [5.41, 5.74) is 2.11. The molecular weight excluding hydrogens is 536 g/mol. The molecule has 0 radical (unpaired) electrons. The number of pyridine rings is 1. The summed E-state index contributed by atoms with van der Waals surface area (Å²) in [6.07, 6.45) is 3.54. The summed E-state index contributed by atoms with van der Waals surface area (Å²) in [7, 11) is 0. The van der Waals surface area contributed by atoms with Crippen molar-refractivity contribution in [2.75, 3.05) is 23.7 Å². The number of carboxylic acids is 1. The molecule has 0 spiro atoms. The Bertz CT molecular complexity index is 1620. The fourth-order valence-corrected chi connectivity index (χ4v) is 4.46. The molecular formula is C29H25F2N5O5. The molecule has 1 unspecified atom stereocenters. The Morgan fingerprint density at radius 1 is 1.05 bits per heavy atom. The summed E-state index contributed by atoms with van der Waals surface area (Å²) in [5.74, 6) is -2.97. The number of benzene rings is 2. The Morgan fingerprint density at radius 2 is 1.83 bits per heavy atom. The van der Waals surface area contributed by atoms with Crippen molar-refractivity contribution in [1.29, 1.82) is 0 Å². The van der Waals surface area contributed by atoms with Crippen LogP contribution >= 0.6 is 0 Å². The lowest BCUT2D eigenvalue weighted by Gasteiger charge is -2.14. The SMILES string of the molecule is Cc1cc(F)c(F)c(NC(=O)Nc2ccc(Oc3ccnc(-c4cc(C(=O)N5CCC(C(=O)O)C5)c[nH]4)c3)cc2)c1. The summed E-state index contributed by atoms with van der Waals surface area (Å²) in [6, 6.07) is 13.0. The molecule has 1 saturated heterocycles. The zero-order chi connectivity index (χ0) is 29.1. The van der Waals surface area contributed by atoms with Gasteiger partial charge in [0, 0.05) is 37.2 Å². The van der Waals surface area contributed by atoms with E-state index < -0.39 is 29.6 Å². The number of carboxylic acid groups (broad SMARTS) is 1. The maximum atomic E-state index is 13.9. The number of carbonyl (C=O) groups excluding carboxylic acids is 2. The van der Waals surface area contributed by atoms with Crippen molar-refractivity contribution in [3.05, 3.63) is 89.8 Å². The van der Waals surface area contributed by atoms with Crippen molar-refractivity contribution >= 4 is 29.3 Å². The minimum atomic E-state index is -1.14. The maximum Gasteiger partial charge on any atom is 0.323 e. The second kappa shape index (κ2) is 11.5. The predicted octanol–water partition coefficient (Wildman–Crippen LogP) is 5.65. The molecule has 41 heavy (non-hydrogen) atoms. The third-order valence-electron chi connectivity index (χ3n) is 6.53. The van der Waals surface area contributed by atoms with Crippen molar-refractivity contribution in [1.82, 2.24) is 14.9 Å². The van der Waals surface area contributed by atoms with Gasteiger partial charge in [0.05, 0.1) is 28.6 Å². The number of amides is 3. The lowest BCUT2D eigenvalue weighted by atomic mass is 10.1. The molecule has 5 rings (SSSR count). The summed E-state index contributed by atoms with van der Waals surface area (Å²) < 4.78 is 33.4. The number of nitrogens with one attached hydrogen (secondary N) is 3. The van der Waals surface area contributed by atoms with Gasteiger partial charge in [0.2, 0.25) is 0 Å². The molecule has 3 amide bonds. The van der Waals surface area contributed by atoms with Crippen LogP contribution in [0.1, 0.15) is 22.3 Å². The topological polar surface area (TPSA) is 137 Å². The molecule has 1 aliphatic heterocycles. The Hall–Kier alpha value is -5.26. The van der Waals surface area contributed by atoms with Crippen LogP contribution in [-0.2, 0) is 4.79 Å². The number of hydrogen-bond donors (Lipinski definition) is 4. The van der Waals surface area contributed by atoms with Crippen molar-refractivity contribution in [3.8, 4) is 22.9 Å². The van der Waals surface area contributed by atoms with Crippen LogP contribution in [0.5, 0.6) is 11.5 Å². The molecule has 1 aliphatic rings. The van der Waals surface area contributed by atoms with E-state index in [-0.39, 0.29) is 18.1 Å². The van der Waals surface area contributed by atoms with Gasteiger partial charge in [-0.05, 0) is 67.4 Å². The molecule has 2 aromatic heterocycles. The van der Waals surface area contributed by atoms with Gasteiger partial charge in [-0.1, -0.05) is 0 Å². The molecule has 10 nitrogen and oxygen atoms in total. The molecule has 1 fully saturated rings. The lowest BCUT2D eigenvalue weighted by molar-refractivity contribution is -0.141. The Balaban J connectivity index is 1.20. The number of ether oxygens (including phenoxy) is 1. The van der Waals surface area contributed by atoms with E-state index in [1.165, 1.54) is 11.0 Å². The monoisotopic (exact) mass is 561 g/mol. The van der Waals surface area contributed by atoms with Gasteiger partial charge in [0.15, 0.2) is 11.6 Å². The van der Waals surface area contributed by atoms with E-state index in [4.69, 9.17) is 4.74 Å². The molecule has 210 valence electrons. The quantitative estimate of drug-likeness (QED) is 0.230. The van der Waals surface area contributed by atoms with Gasteiger partial charge in [-0.15, -0.1) is 0 Å². The standard InChI is InChI=1S/C29H25F2N5O5/c1-16-10-22(30)26(31)25(11-16)35-29(40)34-19-2-4-20(5-3-19)41-21-6-8-32-24(13-21)23-12-18(14-33-23)27(37)36-9-7-17(15-36)28(38)39/h2-6,8,10-14,17,33H,7,9,15H2,1H3,(H,38,39)(H2,34,35,40). The Labute approximate surface area is 233 Å². The van der Waals surface area contributed by atoms with E-state index in [1.54, 1.807) is 61.8 Å². The van der Waals surface area contributed by atoms with Crippen molar-refractivity contribution in [3.63, 3.8) is 0 Å². The number of H-pyrrole nitrogens is 1. The van der Waals surface area contributed by atoms with Crippen LogP contribution in [-0.4, -0.2) is 51.0 Å². The Morgan fingerprint density at radius 3 is 2.56 bits per heavy atom. The second-order valence-corrected chi connectivity index (χ2v) is 9.57. The highest BCUT2D eigenvalue weighted by atomic mass is 19.2. The van der Waals surface area contributed by atoms with Crippen LogP contribution in [0.15, 0.2) is 67.0 Å². The first-order chi connectivity index (χ1) is 19.7. The second-order valence-electron chi connectivity index (χ2n) is 9.57. The van der Waals surface area contributed by atoms with E-state index in [1.807, 2.05) is 0 Å². The number of aryl methyl sites for hydroxylation is 1. The van der Waals surface area contributed by atoms with Crippen LogP contribution in [0.2, 0.25) is 0 Å². The number of aromatic nitrogens is 2. The molecule has 4 N–H and O–H groups in total. The van der Waals surface area contributed by atoms with Gasteiger partial charge < -0.3 is 30.4 Å². The molecule has 3 heterocycles. The average molecular weight is 562 g/mol. The molecule has 1 atom stereocenters. The van der Waals surface area contributed by atoms with Crippen molar-refractivity contribution in [2.24, 2.45) is 5.92 Å². The number of aliphatic carboxylic acids is 1. The van der Waals surface area contributed by atoms with Crippen LogP contribution in [0.25, 0.3) is 11.4 Å². The lowest BCUT2D eigenvalue weighted by Crippen LogP contribution is -2.29. The van der Waals surface area contributed by atoms with Gasteiger partial charge >= 0.3 is 12.0 Å². The maximum absolute atomic E-state index is 13.9. The Kier molecular flexibility index (Phi) is 7.64. The van der Waals surface area contributed by atoms with Crippen LogP contribution < -0.4 is 15.4 Å². The third-order valence-corrected chi connectivity index (χ3v) is 6.53. The van der Waals surface area contributed by atoms with E-state index in [9.17, 15) is 28.3 Å². The van der Waals surface area contributed by atoms with Gasteiger partial charge in [0.1, 0.15) is 11.5 Å². The number of rotatable bonds is 7. The number of likely N-dealkylation sites (tertiary alicyclic amines) is 1. The summed E-state index contributed by atoms with van der Waals surface area (Å²) in [6.45, 7) is 2.16. The fraction of sp³-hybridized carbons (Fsp3) is 0.172. The fourth-order valence-electron chi connectivity index (χ4n) is 4.46. The van der Waals surface area contributed by atoms with Gasteiger partial charge in [0.25, 0.3) is 5.91 Å². The molecule has 0 bridgehead atoms. The molecule has 4 aromatic rings. The predicted molar refractivity (Wildman–Crippen MR) is 146 cm³/mol. The normalized spacial score (nSPS) is 14.5. The largest absolute Gasteiger partial charge is 0.481 e. The number of halogens is 2. The van der Waals surface area contributed by atoms with Gasteiger partial charge in [-0.25, -0.2) is 13.6 Å². The highest BCUT2D eigenvalue weighted by molar-refractivity contribution is 6.00. The summed E-state index contributed by atoms with van der Waals surface area (Å²) in [4.78, 5) is 45.2. The van der Waals surface area contributed by atoms with Crippen molar-refractivity contribution in [2.45, 2.75) is 13.3 Å². The highest BCUT2D eigenvalue weighted by Crippen LogP contribution is 2.28. The first-order valence-corrected chi connectivity index (χ1v) is 12.6. The van der Waals surface area contributed by atoms with E-state index in [2.05, 4.69) is 20.6 Å². The molecule has 0 saturated carbocycles. The summed E-state index contributed by atoms with van der Waals surface area (Å²) >= 11 is 0. The number of anilines is 2. The zero-order valence-electron chi connectivity index (χ0n) is 21.8. The molecule has 12 heteroatoms. The van der Waals surface area contributed by atoms with Gasteiger partial charge in [-0.2, -0.15) is 0 Å². The molecule has 2 aromatic carbocycles. The van der Waals surface area contributed by atoms with Gasteiger partial charge in [-0.3, -0.25) is 14.6 Å². The smallest absolute Gasteiger partial charge is 0.323 e.